The van der Waals surface area contributed by atoms with Gasteiger partial charge >= 0.3 is 0 Å². The van der Waals surface area contributed by atoms with Crippen LogP contribution in [0.25, 0.3) is 0 Å². The minimum Gasteiger partial charge on any atom is -0.356 e. The molecule has 1 rings (SSSR count). The van der Waals surface area contributed by atoms with E-state index in [4.69, 9.17) is 5.73 Å². The normalized spacial score (nSPS) is 26.0. The zero-order valence-corrected chi connectivity index (χ0v) is 13.7. The summed E-state index contributed by atoms with van der Waals surface area (Å²) in [6.45, 7) is 7.36. The summed E-state index contributed by atoms with van der Waals surface area (Å²) in [6, 6.07) is 0.303. The van der Waals surface area contributed by atoms with Crippen LogP contribution in [0.2, 0.25) is 0 Å². The van der Waals surface area contributed by atoms with Crippen molar-refractivity contribution in [2.75, 3.05) is 6.54 Å². The quantitative estimate of drug-likeness (QED) is 0.716. The van der Waals surface area contributed by atoms with Crippen molar-refractivity contribution < 1.29 is 4.79 Å². The summed E-state index contributed by atoms with van der Waals surface area (Å²) in [4.78, 5) is 12.3. The molecule has 20 heavy (non-hydrogen) atoms. The van der Waals surface area contributed by atoms with Crippen molar-refractivity contribution in [1.82, 2.24) is 5.32 Å². The molecule has 0 aliphatic heterocycles. The molecule has 0 heterocycles. The highest BCUT2D eigenvalue weighted by atomic mass is 16.1. The van der Waals surface area contributed by atoms with E-state index in [1.165, 1.54) is 25.7 Å². The third kappa shape index (κ3) is 5.82. The van der Waals surface area contributed by atoms with Crippen LogP contribution in [-0.2, 0) is 4.79 Å². The van der Waals surface area contributed by atoms with E-state index in [1.807, 2.05) is 0 Å². The Bertz CT molecular complexity index is 280. The van der Waals surface area contributed by atoms with Crippen molar-refractivity contribution in [2.24, 2.45) is 23.5 Å². The molecule has 0 aromatic carbocycles. The molecule has 0 saturated heterocycles. The Morgan fingerprint density at radius 1 is 1.35 bits per heavy atom. The third-order valence-corrected chi connectivity index (χ3v) is 4.98. The van der Waals surface area contributed by atoms with Gasteiger partial charge in [-0.2, -0.15) is 0 Å². The van der Waals surface area contributed by atoms with Gasteiger partial charge in [0.25, 0.3) is 0 Å². The predicted molar refractivity (Wildman–Crippen MR) is 85.4 cm³/mol. The van der Waals surface area contributed by atoms with Gasteiger partial charge in [-0.25, -0.2) is 0 Å². The number of nitrogens with two attached hydrogens (primary N) is 1. The van der Waals surface area contributed by atoms with Crippen molar-refractivity contribution >= 4 is 5.91 Å². The number of rotatable bonds is 8. The molecule has 1 amide bonds. The molecule has 1 aliphatic rings. The van der Waals surface area contributed by atoms with Crippen molar-refractivity contribution in [2.45, 2.75) is 78.2 Å². The lowest BCUT2D eigenvalue weighted by Crippen LogP contribution is -2.39. The predicted octanol–water partition coefficient (Wildman–Crippen LogP) is 3.47. The van der Waals surface area contributed by atoms with E-state index in [2.05, 4.69) is 26.1 Å². The van der Waals surface area contributed by atoms with E-state index in [0.717, 1.165) is 32.2 Å². The van der Waals surface area contributed by atoms with Gasteiger partial charge in [0, 0.05) is 18.5 Å². The average molecular weight is 282 g/mol. The summed E-state index contributed by atoms with van der Waals surface area (Å²) in [7, 11) is 0. The fraction of sp³-hybridized carbons (Fsp3) is 0.941. The highest BCUT2D eigenvalue weighted by Gasteiger charge is 2.28. The Hall–Kier alpha value is -0.570. The Morgan fingerprint density at radius 2 is 2.10 bits per heavy atom. The first-order valence-corrected chi connectivity index (χ1v) is 8.61. The lowest BCUT2D eigenvalue weighted by atomic mass is 9.78. The van der Waals surface area contributed by atoms with E-state index < -0.39 is 0 Å². The maximum absolute atomic E-state index is 12.3. The van der Waals surface area contributed by atoms with Crippen LogP contribution in [0.3, 0.4) is 0 Å². The Kier molecular flexibility index (Phi) is 8.20. The zero-order chi connectivity index (χ0) is 15.0. The molecule has 1 saturated carbocycles. The fourth-order valence-corrected chi connectivity index (χ4v) is 3.28. The molecule has 3 nitrogen and oxygen atoms in total. The van der Waals surface area contributed by atoms with Crippen molar-refractivity contribution in [3.05, 3.63) is 0 Å². The number of nitrogens with one attached hydrogen (secondary N) is 1. The number of unbranched alkanes of at least 4 members (excludes halogenated alkanes) is 1. The molecule has 1 aliphatic carbocycles. The molecular formula is C17H34N2O. The summed E-state index contributed by atoms with van der Waals surface area (Å²) in [5.74, 6) is 1.47. The molecule has 0 aromatic rings. The molecule has 3 N–H and O–H groups in total. The highest BCUT2D eigenvalue weighted by molar-refractivity contribution is 5.78. The van der Waals surface area contributed by atoms with Crippen LogP contribution < -0.4 is 11.1 Å². The summed E-state index contributed by atoms with van der Waals surface area (Å²) < 4.78 is 0. The minimum atomic E-state index is 0.116. The number of amides is 1. The molecule has 4 atom stereocenters. The molecular weight excluding hydrogens is 248 g/mol. The average Bonchev–Trinajstić information content (AvgIpc) is 2.46. The lowest BCUT2D eigenvalue weighted by Gasteiger charge is -2.30. The van der Waals surface area contributed by atoms with Crippen molar-refractivity contribution in [3.8, 4) is 0 Å². The molecule has 4 unspecified atom stereocenters. The fourth-order valence-electron chi connectivity index (χ4n) is 3.28. The van der Waals surface area contributed by atoms with Crippen LogP contribution in [0, 0.1) is 17.8 Å². The lowest BCUT2D eigenvalue weighted by molar-refractivity contribution is -0.126. The monoisotopic (exact) mass is 282 g/mol. The largest absolute Gasteiger partial charge is 0.356 e. The Balaban J connectivity index is 2.33. The van der Waals surface area contributed by atoms with Gasteiger partial charge in [0.05, 0.1) is 0 Å². The number of carbonyl (C=O) groups excluding carboxylic acids is 1. The molecule has 118 valence electrons. The van der Waals surface area contributed by atoms with Crippen LogP contribution >= 0.6 is 0 Å². The first-order chi connectivity index (χ1) is 9.58. The third-order valence-electron chi connectivity index (χ3n) is 4.98. The molecule has 1 fully saturated rings. The van der Waals surface area contributed by atoms with Gasteiger partial charge in [-0.1, -0.05) is 46.5 Å². The van der Waals surface area contributed by atoms with Gasteiger partial charge < -0.3 is 11.1 Å². The molecule has 0 radical (unpaired) electrons. The van der Waals surface area contributed by atoms with E-state index in [9.17, 15) is 4.79 Å². The zero-order valence-electron chi connectivity index (χ0n) is 13.7. The van der Waals surface area contributed by atoms with Crippen LogP contribution in [-0.4, -0.2) is 18.5 Å². The summed E-state index contributed by atoms with van der Waals surface area (Å²) in [5, 5.41) is 3.17. The van der Waals surface area contributed by atoms with Crippen LogP contribution in [0.4, 0.5) is 0 Å². The van der Waals surface area contributed by atoms with Gasteiger partial charge in [-0.05, 0) is 37.5 Å². The SMILES string of the molecule is CCCCC(CC)CNC(=O)C(C)C1CCCC(N)C1. The smallest absolute Gasteiger partial charge is 0.223 e. The summed E-state index contributed by atoms with van der Waals surface area (Å²) in [6.07, 6.45) is 9.37. The molecule has 0 spiro atoms. The maximum Gasteiger partial charge on any atom is 0.223 e. The second-order valence-corrected chi connectivity index (χ2v) is 6.64. The van der Waals surface area contributed by atoms with Crippen LogP contribution in [0.1, 0.15) is 72.1 Å². The van der Waals surface area contributed by atoms with Crippen LogP contribution in [0.15, 0.2) is 0 Å². The number of hydrogen-bond donors (Lipinski definition) is 2. The van der Waals surface area contributed by atoms with E-state index in [0.29, 0.717) is 17.9 Å². The van der Waals surface area contributed by atoms with Crippen molar-refractivity contribution in [3.63, 3.8) is 0 Å². The molecule has 0 aromatic heterocycles. The van der Waals surface area contributed by atoms with E-state index in [-0.39, 0.29) is 11.8 Å². The number of carbonyl (C=O) groups is 1. The molecule has 0 bridgehead atoms. The highest BCUT2D eigenvalue weighted by Crippen LogP contribution is 2.29. The first-order valence-electron chi connectivity index (χ1n) is 8.61. The summed E-state index contributed by atoms with van der Waals surface area (Å²) >= 11 is 0. The Labute approximate surface area is 125 Å². The van der Waals surface area contributed by atoms with E-state index >= 15 is 0 Å². The minimum absolute atomic E-state index is 0.116. The van der Waals surface area contributed by atoms with E-state index in [1.54, 1.807) is 0 Å². The van der Waals surface area contributed by atoms with Gasteiger partial charge in [0.15, 0.2) is 0 Å². The van der Waals surface area contributed by atoms with Gasteiger partial charge in [-0.15, -0.1) is 0 Å². The maximum atomic E-state index is 12.3. The first kappa shape index (κ1) is 17.5. The van der Waals surface area contributed by atoms with Crippen LogP contribution in [0.5, 0.6) is 0 Å². The van der Waals surface area contributed by atoms with Gasteiger partial charge in [0.1, 0.15) is 0 Å². The Morgan fingerprint density at radius 3 is 2.70 bits per heavy atom. The topological polar surface area (TPSA) is 55.1 Å². The second-order valence-electron chi connectivity index (χ2n) is 6.64. The van der Waals surface area contributed by atoms with Crippen molar-refractivity contribution in [1.29, 1.82) is 0 Å². The number of hydrogen-bond acceptors (Lipinski definition) is 2. The van der Waals surface area contributed by atoms with Gasteiger partial charge in [-0.3, -0.25) is 4.79 Å². The second kappa shape index (κ2) is 9.38. The standard InChI is InChI=1S/C17H34N2O/c1-4-6-8-14(5-2)12-19-17(20)13(3)15-9-7-10-16(18)11-15/h13-16H,4-12,18H2,1-3H3,(H,19,20). The van der Waals surface area contributed by atoms with Gasteiger partial charge in [0.2, 0.25) is 5.91 Å². The summed E-state index contributed by atoms with van der Waals surface area (Å²) in [5.41, 5.74) is 6.03. The molecule has 3 heteroatoms.